The average molecular weight is 251 g/mol. The zero-order valence-corrected chi connectivity index (χ0v) is 10.5. The van der Waals surface area contributed by atoms with Crippen LogP contribution in [0.25, 0.3) is 0 Å². The van der Waals surface area contributed by atoms with Gasteiger partial charge in [0.1, 0.15) is 0 Å². The number of hydrogen-bond donors (Lipinski definition) is 2. The number of amides is 1. The van der Waals surface area contributed by atoms with Gasteiger partial charge in [-0.05, 0) is 24.8 Å². The molecule has 2 N–H and O–H groups in total. The molecule has 0 saturated heterocycles. The van der Waals surface area contributed by atoms with Crippen LogP contribution >= 0.6 is 0 Å². The molecule has 1 aliphatic carbocycles. The lowest BCUT2D eigenvalue weighted by molar-refractivity contribution is 0.0943. The van der Waals surface area contributed by atoms with Crippen molar-refractivity contribution in [3.63, 3.8) is 0 Å². The summed E-state index contributed by atoms with van der Waals surface area (Å²) in [6.07, 6.45) is 6.20. The zero-order valence-electron chi connectivity index (χ0n) is 10.5. The van der Waals surface area contributed by atoms with Gasteiger partial charge < -0.3 is 10.6 Å². The van der Waals surface area contributed by atoms with E-state index in [2.05, 4.69) is 15.6 Å². The third kappa shape index (κ3) is 2.78. The Morgan fingerprint density at radius 2 is 2.22 bits per heavy atom. The fourth-order valence-corrected chi connectivity index (χ4v) is 2.34. The number of nitrogens with zero attached hydrogens (tertiary/aromatic N) is 1. The smallest absolute Gasteiger partial charge is 0.254 e. The van der Waals surface area contributed by atoms with Crippen molar-refractivity contribution >= 4 is 11.7 Å². The van der Waals surface area contributed by atoms with Crippen LogP contribution < -0.4 is 10.6 Å². The maximum atomic E-state index is 13.8. The van der Waals surface area contributed by atoms with Gasteiger partial charge in [-0.1, -0.05) is 12.8 Å². The van der Waals surface area contributed by atoms with Gasteiger partial charge in [-0.2, -0.15) is 0 Å². The van der Waals surface area contributed by atoms with Crippen LogP contribution in [0.15, 0.2) is 12.3 Å². The van der Waals surface area contributed by atoms with Gasteiger partial charge >= 0.3 is 0 Å². The molecule has 1 heterocycles. The third-order valence-corrected chi connectivity index (χ3v) is 3.40. The fraction of sp³-hybridized carbons (Fsp3) is 0.538. The van der Waals surface area contributed by atoms with Crippen molar-refractivity contribution in [2.75, 3.05) is 18.9 Å². The Morgan fingerprint density at radius 1 is 1.50 bits per heavy atom. The van der Waals surface area contributed by atoms with Gasteiger partial charge in [-0.15, -0.1) is 0 Å². The van der Waals surface area contributed by atoms with Gasteiger partial charge in [-0.3, -0.25) is 4.79 Å². The first-order valence-corrected chi connectivity index (χ1v) is 6.33. The minimum absolute atomic E-state index is 0.0485. The summed E-state index contributed by atoms with van der Waals surface area (Å²) >= 11 is 0. The van der Waals surface area contributed by atoms with Crippen molar-refractivity contribution in [2.45, 2.75) is 25.7 Å². The van der Waals surface area contributed by atoms with E-state index in [4.69, 9.17) is 0 Å². The van der Waals surface area contributed by atoms with E-state index in [-0.39, 0.29) is 17.3 Å². The third-order valence-electron chi connectivity index (χ3n) is 3.40. The predicted molar refractivity (Wildman–Crippen MR) is 68.0 cm³/mol. The SMILES string of the molecule is CNc1nccc(C(=O)NCC2CCCC2)c1F. The van der Waals surface area contributed by atoms with Gasteiger partial charge in [-0.25, -0.2) is 9.37 Å². The van der Waals surface area contributed by atoms with Crippen LogP contribution in [0.5, 0.6) is 0 Å². The second kappa shape index (κ2) is 5.80. The number of aromatic nitrogens is 1. The van der Waals surface area contributed by atoms with Crippen molar-refractivity contribution in [2.24, 2.45) is 5.92 Å². The van der Waals surface area contributed by atoms with Crippen LogP contribution in [0.1, 0.15) is 36.0 Å². The zero-order chi connectivity index (χ0) is 13.0. The molecular formula is C13H18FN3O. The Labute approximate surface area is 106 Å². The van der Waals surface area contributed by atoms with Crippen molar-refractivity contribution in [1.82, 2.24) is 10.3 Å². The maximum absolute atomic E-state index is 13.8. The largest absolute Gasteiger partial charge is 0.371 e. The molecule has 1 saturated carbocycles. The highest BCUT2D eigenvalue weighted by molar-refractivity contribution is 5.95. The molecule has 0 spiro atoms. The number of halogens is 1. The van der Waals surface area contributed by atoms with Gasteiger partial charge in [0, 0.05) is 19.8 Å². The molecule has 1 fully saturated rings. The second-order valence-corrected chi connectivity index (χ2v) is 4.63. The lowest BCUT2D eigenvalue weighted by atomic mass is 10.1. The number of carbonyl (C=O) groups is 1. The molecule has 18 heavy (non-hydrogen) atoms. The van der Waals surface area contributed by atoms with Crippen LogP contribution in [-0.4, -0.2) is 24.5 Å². The highest BCUT2D eigenvalue weighted by Gasteiger charge is 2.19. The summed E-state index contributed by atoms with van der Waals surface area (Å²) in [7, 11) is 1.58. The number of pyridine rings is 1. The molecule has 5 heteroatoms. The normalized spacial score (nSPS) is 15.7. The van der Waals surface area contributed by atoms with E-state index in [1.54, 1.807) is 7.05 Å². The van der Waals surface area contributed by atoms with E-state index >= 15 is 0 Å². The summed E-state index contributed by atoms with van der Waals surface area (Å²) in [5.74, 6) is -0.312. The van der Waals surface area contributed by atoms with Crippen LogP contribution in [0.3, 0.4) is 0 Å². The summed E-state index contributed by atoms with van der Waals surface area (Å²) in [5.41, 5.74) is 0.0485. The maximum Gasteiger partial charge on any atom is 0.254 e. The molecule has 0 atom stereocenters. The molecule has 1 aromatic rings. The molecule has 0 unspecified atom stereocenters. The predicted octanol–water partition coefficient (Wildman–Crippen LogP) is 2.18. The lowest BCUT2D eigenvalue weighted by Gasteiger charge is -2.11. The van der Waals surface area contributed by atoms with Crippen LogP contribution in [0.2, 0.25) is 0 Å². The van der Waals surface area contributed by atoms with Gasteiger partial charge in [0.2, 0.25) is 0 Å². The summed E-state index contributed by atoms with van der Waals surface area (Å²) < 4.78 is 13.8. The first-order valence-electron chi connectivity index (χ1n) is 6.33. The van der Waals surface area contributed by atoms with Crippen LogP contribution in [-0.2, 0) is 0 Å². The molecule has 2 rings (SSSR count). The number of rotatable bonds is 4. The van der Waals surface area contributed by atoms with E-state index in [1.165, 1.54) is 25.1 Å². The van der Waals surface area contributed by atoms with E-state index in [0.717, 1.165) is 12.8 Å². The molecule has 1 aliphatic rings. The number of anilines is 1. The van der Waals surface area contributed by atoms with Crippen LogP contribution in [0.4, 0.5) is 10.2 Å². The molecule has 0 aromatic carbocycles. The van der Waals surface area contributed by atoms with E-state index in [0.29, 0.717) is 12.5 Å². The first-order chi connectivity index (χ1) is 8.72. The van der Waals surface area contributed by atoms with E-state index in [1.807, 2.05) is 0 Å². The second-order valence-electron chi connectivity index (χ2n) is 4.63. The summed E-state index contributed by atoms with van der Waals surface area (Å²) in [6.45, 7) is 0.634. The number of carbonyl (C=O) groups excluding carboxylic acids is 1. The summed E-state index contributed by atoms with van der Waals surface area (Å²) in [4.78, 5) is 15.7. The number of nitrogens with one attached hydrogen (secondary N) is 2. The summed E-state index contributed by atoms with van der Waals surface area (Å²) in [5, 5.41) is 5.42. The molecule has 0 aliphatic heterocycles. The topological polar surface area (TPSA) is 54.0 Å². The highest BCUT2D eigenvalue weighted by atomic mass is 19.1. The Balaban J connectivity index is 1.99. The molecule has 0 bridgehead atoms. The quantitative estimate of drug-likeness (QED) is 0.862. The fourth-order valence-electron chi connectivity index (χ4n) is 2.34. The van der Waals surface area contributed by atoms with Crippen molar-refractivity contribution in [3.05, 3.63) is 23.6 Å². The molecule has 0 radical (unpaired) electrons. The van der Waals surface area contributed by atoms with Crippen molar-refractivity contribution in [3.8, 4) is 0 Å². The molecule has 1 amide bonds. The van der Waals surface area contributed by atoms with Gasteiger partial charge in [0.15, 0.2) is 11.6 Å². The van der Waals surface area contributed by atoms with Crippen molar-refractivity contribution < 1.29 is 9.18 Å². The van der Waals surface area contributed by atoms with Gasteiger partial charge in [0.25, 0.3) is 5.91 Å². The van der Waals surface area contributed by atoms with Crippen LogP contribution in [0, 0.1) is 11.7 Å². The molecule has 98 valence electrons. The standard InChI is InChI=1S/C13H18FN3O/c1-15-12-11(14)10(6-7-16-12)13(18)17-8-9-4-2-3-5-9/h6-7,9H,2-5,8H2,1H3,(H,15,16)(H,17,18). The molecular weight excluding hydrogens is 233 g/mol. The Kier molecular flexibility index (Phi) is 4.12. The Morgan fingerprint density at radius 3 is 2.89 bits per heavy atom. The number of hydrogen-bond acceptors (Lipinski definition) is 3. The Hall–Kier alpha value is -1.65. The highest BCUT2D eigenvalue weighted by Crippen LogP contribution is 2.24. The van der Waals surface area contributed by atoms with E-state index < -0.39 is 5.82 Å². The minimum Gasteiger partial charge on any atom is -0.371 e. The molecule has 1 aromatic heterocycles. The Bertz CT molecular complexity index is 430. The summed E-state index contributed by atoms with van der Waals surface area (Å²) in [6, 6.07) is 1.40. The first kappa shape index (κ1) is 12.8. The molecule has 4 nitrogen and oxygen atoms in total. The van der Waals surface area contributed by atoms with Gasteiger partial charge in [0.05, 0.1) is 5.56 Å². The average Bonchev–Trinajstić information content (AvgIpc) is 2.89. The lowest BCUT2D eigenvalue weighted by Crippen LogP contribution is -2.29. The monoisotopic (exact) mass is 251 g/mol. The van der Waals surface area contributed by atoms with E-state index in [9.17, 15) is 9.18 Å². The van der Waals surface area contributed by atoms with Crippen molar-refractivity contribution in [1.29, 1.82) is 0 Å². The minimum atomic E-state index is -0.594.